The number of fused-ring (bicyclic) bond motifs is 5. The zero-order chi connectivity index (χ0) is 19.6. The Kier molecular flexibility index (Phi) is 3.57. The Balaban J connectivity index is 1.68. The predicted molar refractivity (Wildman–Crippen MR) is 119 cm³/mol. The molecule has 4 heterocycles. The molecule has 6 bridgehead atoms. The summed E-state index contributed by atoms with van der Waals surface area (Å²) in [6.07, 6.45) is 15.8. The molecule has 4 aliphatic rings. The van der Waals surface area contributed by atoms with Crippen molar-refractivity contribution in [2.75, 3.05) is 0 Å². The van der Waals surface area contributed by atoms with Gasteiger partial charge in [-0.3, -0.25) is 0 Å². The van der Waals surface area contributed by atoms with Gasteiger partial charge in [0.15, 0.2) is 6.23 Å². The Hall–Kier alpha value is -2.84. The van der Waals surface area contributed by atoms with Gasteiger partial charge in [-0.25, -0.2) is 9.98 Å². The summed E-state index contributed by atoms with van der Waals surface area (Å²) in [5.74, 6) is 2.57. The van der Waals surface area contributed by atoms with E-state index in [9.17, 15) is 0 Å². The first-order valence-electron chi connectivity index (χ1n) is 9.92. The van der Waals surface area contributed by atoms with E-state index >= 15 is 0 Å². The third-order valence-electron chi connectivity index (χ3n) is 6.35. The highest BCUT2D eigenvalue weighted by atomic mass is 31.1. The zero-order valence-corrected chi connectivity index (χ0v) is 17.1. The summed E-state index contributed by atoms with van der Waals surface area (Å²) in [7, 11) is -1.31. The van der Waals surface area contributed by atoms with Crippen LogP contribution in [0, 0.1) is 0 Å². The number of aliphatic imine (C=N–C) groups is 1. The fourth-order valence-electron chi connectivity index (χ4n) is 4.75. The van der Waals surface area contributed by atoms with Crippen LogP contribution in [-0.2, 0) is 0 Å². The number of benzene rings is 1. The highest BCUT2D eigenvalue weighted by molar-refractivity contribution is 7.66. The number of rotatable bonds is 0. The maximum absolute atomic E-state index is 6.49. The van der Waals surface area contributed by atoms with Crippen LogP contribution in [0.15, 0.2) is 77.5 Å². The number of dihydropyridines is 1. The van der Waals surface area contributed by atoms with Crippen LogP contribution in [0.25, 0.3) is 0 Å². The quantitative estimate of drug-likeness (QED) is 0.623. The molecule has 6 rings (SSSR count). The van der Waals surface area contributed by atoms with Crippen LogP contribution in [0.2, 0.25) is 0 Å². The largest absolute Gasteiger partial charge is 0.460 e. The van der Waals surface area contributed by atoms with E-state index in [0.717, 1.165) is 34.9 Å². The van der Waals surface area contributed by atoms with E-state index in [4.69, 9.17) is 25.7 Å². The Labute approximate surface area is 170 Å². The van der Waals surface area contributed by atoms with Crippen molar-refractivity contribution in [1.82, 2.24) is 4.98 Å². The standard InChI is InChI=1S/C24H21N2O2P/c1-24-16-8-4-12-20(24)27-19-11-3-7-15(23(19)29(24)2)17-9-5-13-21(25-17)28-22-14-6-10-18(16)26-22/h3-12,14,16,21,29H,2,13H2,1H3. The smallest absolute Gasteiger partial charge is 0.215 e. The zero-order valence-electron chi connectivity index (χ0n) is 16.1. The summed E-state index contributed by atoms with van der Waals surface area (Å²) < 4.78 is 12.7. The van der Waals surface area contributed by atoms with E-state index in [2.05, 4.69) is 49.4 Å². The van der Waals surface area contributed by atoms with Gasteiger partial charge < -0.3 is 9.47 Å². The number of pyridine rings is 1. The second kappa shape index (κ2) is 6.08. The van der Waals surface area contributed by atoms with Crippen molar-refractivity contribution in [3.63, 3.8) is 0 Å². The molecular weight excluding hydrogens is 379 g/mol. The van der Waals surface area contributed by atoms with Gasteiger partial charge in [-0.15, -0.1) is 0 Å². The van der Waals surface area contributed by atoms with Gasteiger partial charge in [-0.05, 0) is 31.2 Å². The number of aromatic nitrogens is 1. The van der Waals surface area contributed by atoms with Crippen molar-refractivity contribution in [1.29, 1.82) is 0 Å². The fraction of sp³-hybridized carbons (Fsp3) is 0.208. The molecule has 3 aliphatic heterocycles. The van der Waals surface area contributed by atoms with Gasteiger partial charge in [-0.2, -0.15) is 0 Å². The van der Waals surface area contributed by atoms with Gasteiger partial charge >= 0.3 is 0 Å². The fourth-order valence-corrected chi connectivity index (χ4v) is 7.29. The third kappa shape index (κ3) is 2.39. The molecule has 1 aromatic carbocycles. The lowest BCUT2D eigenvalue weighted by Crippen LogP contribution is -2.42. The number of hydrogen-bond acceptors (Lipinski definition) is 4. The van der Waals surface area contributed by atoms with Crippen LogP contribution in [0.4, 0.5) is 0 Å². The van der Waals surface area contributed by atoms with Crippen molar-refractivity contribution >= 4 is 24.9 Å². The average Bonchev–Trinajstić information content (AvgIpc) is 2.74. The SMILES string of the molecule is C=[PH]1c2c3cccc2C2=NC(CC=C2)Oc2cccc(n2)C2C=CC=C(O3)C21C. The normalized spacial score (nSPS) is 30.7. The first-order valence-corrected chi connectivity index (χ1v) is 11.6. The van der Waals surface area contributed by atoms with Crippen molar-refractivity contribution in [3.05, 3.63) is 83.8 Å². The van der Waals surface area contributed by atoms with Gasteiger partial charge in [0.05, 0.1) is 16.6 Å². The van der Waals surface area contributed by atoms with E-state index in [1.54, 1.807) is 0 Å². The highest BCUT2D eigenvalue weighted by Gasteiger charge is 2.47. The van der Waals surface area contributed by atoms with Crippen LogP contribution in [0.3, 0.4) is 0 Å². The number of allylic oxidation sites excluding steroid dienone is 5. The first-order chi connectivity index (χ1) is 14.1. The Morgan fingerprint density at radius 3 is 3.03 bits per heavy atom. The lowest BCUT2D eigenvalue weighted by atomic mass is 9.84. The minimum absolute atomic E-state index is 0.0791. The van der Waals surface area contributed by atoms with Gasteiger partial charge in [0.2, 0.25) is 5.88 Å². The molecule has 0 radical (unpaired) electrons. The first kappa shape index (κ1) is 17.1. The third-order valence-corrected chi connectivity index (χ3v) is 9.28. The molecule has 1 aromatic heterocycles. The second-order valence-electron chi connectivity index (χ2n) is 7.98. The van der Waals surface area contributed by atoms with E-state index in [1.807, 2.05) is 24.3 Å². The second-order valence-corrected chi connectivity index (χ2v) is 10.5. The lowest BCUT2D eigenvalue weighted by molar-refractivity contribution is 0.204. The molecule has 0 saturated heterocycles. The molecule has 1 aliphatic carbocycles. The van der Waals surface area contributed by atoms with Crippen molar-refractivity contribution < 1.29 is 9.47 Å². The van der Waals surface area contributed by atoms with Gasteiger partial charge in [0, 0.05) is 29.3 Å². The Morgan fingerprint density at radius 1 is 1.21 bits per heavy atom. The summed E-state index contributed by atoms with van der Waals surface area (Å²) >= 11 is 0. The molecule has 2 aromatic rings. The summed E-state index contributed by atoms with van der Waals surface area (Å²) in [6, 6.07) is 12.2. The minimum Gasteiger partial charge on any atom is -0.460 e. The summed E-state index contributed by atoms with van der Waals surface area (Å²) in [4.78, 5) is 9.77. The molecule has 4 nitrogen and oxygen atoms in total. The van der Waals surface area contributed by atoms with E-state index < -0.39 is 7.55 Å². The van der Waals surface area contributed by atoms with Gasteiger partial charge in [0.25, 0.3) is 0 Å². The molecule has 5 heteroatoms. The van der Waals surface area contributed by atoms with Crippen LogP contribution >= 0.6 is 7.55 Å². The van der Waals surface area contributed by atoms with Crippen LogP contribution < -0.4 is 14.8 Å². The molecule has 29 heavy (non-hydrogen) atoms. The predicted octanol–water partition coefficient (Wildman–Crippen LogP) is 4.21. The molecule has 0 spiro atoms. The molecule has 144 valence electrons. The molecule has 0 N–H and O–H groups in total. The van der Waals surface area contributed by atoms with Gasteiger partial charge in [-0.1, -0.05) is 50.3 Å². The maximum atomic E-state index is 6.49. The number of hydrogen-bond donors (Lipinski definition) is 0. The van der Waals surface area contributed by atoms with Crippen molar-refractivity contribution in [2.24, 2.45) is 4.99 Å². The minimum atomic E-state index is -1.31. The number of nitrogens with zero attached hydrogens (tertiary/aromatic N) is 2. The molecule has 0 saturated carbocycles. The van der Waals surface area contributed by atoms with E-state index in [0.29, 0.717) is 5.88 Å². The average molecular weight is 400 g/mol. The molecule has 4 unspecified atom stereocenters. The number of ether oxygens (including phenoxy) is 2. The van der Waals surface area contributed by atoms with Crippen molar-refractivity contribution in [3.8, 4) is 11.6 Å². The topological polar surface area (TPSA) is 43.7 Å². The summed E-state index contributed by atoms with van der Waals surface area (Å²) in [6.45, 7) is 2.27. The van der Waals surface area contributed by atoms with Crippen LogP contribution in [0.5, 0.6) is 11.6 Å². The van der Waals surface area contributed by atoms with Crippen LogP contribution in [-0.4, -0.2) is 28.4 Å². The van der Waals surface area contributed by atoms with E-state index in [1.165, 1.54) is 5.30 Å². The van der Waals surface area contributed by atoms with Crippen LogP contribution in [0.1, 0.15) is 30.5 Å². The highest BCUT2D eigenvalue weighted by Crippen LogP contribution is 2.58. The molecule has 0 fully saturated rings. The maximum Gasteiger partial charge on any atom is 0.215 e. The summed E-state index contributed by atoms with van der Waals surface area (Å²) in [5.41, 5.74) is 3.03. The Bertz CT molecular complexity index is 1190. The lowest BCUT2D eigenvalue weighted by Gasteiger charge is -2.46. The van der Waals surface area contributed by atoms with Gasteiger partial charge in [0.1, 0.15) is 11.5 Å². The molecule has 0 amide bonds. The monoisotopic (exact) mass is 400 g/mol. The molecule has 4 atom stereocenters. The summed E-state index contributed by atoms with van der Waals surface area (Å²) in [5, 5.41) is 0.948. The Morgan fingerprint density at radius 2 is 2.10 bits per heavy atom. The van der Waals surface area contributed by atoms with Crippen molar-refractivity contribution in [2.45, 2.75) is 30.6 Å². The molecular formula is C24H21N2O2P. The van der Waals surface area contributed by atoms with E-state index in [-0.39, 0.29) is 17.3 Å².